The highest BCUT2D eigenvalue weighted by Crippen LogP contribution is 2.21. The standard InChI is InChI=1S/C3H3BrN2S/c4-3-2(5)1-6-7-3/h1H,5H2. The lowest BCUT2D eigenvalue weighted by Crippen LogP contribution is -1.77. The predicted molar refractivity (Wildman–Crippen MR) is 34.2 cm³/mol. The van der Waals surface area contributed by atoms with Gasteiger partial charge in [-0.3, -0.25) is 0 Å². The maximum absolute atomic E-state index is 5.34. The van der Waals surface area contributed by atoms with Crippen LogP contribution in [0.15, 0.2) is 9.98 Å². The van der Waals surface area contributed by atoms with Gasteiger partial charge in [-0.05, 0) is 27.5 Å². The van der Waals surface area contributed by atoms with Crippen LogP contribution < -0.4 is 5.73 Å². The van der Waals surface area contributed by atoms with Crippen molar-refractivity contribution in [1.29, 1.82) is 0 Å². The number of anilines is 1. The molecular formula is C3H3BrN2S. The van der Waals surface area contributed by atoms with E-state index in [-0.39, 0.29) is 0 Å². The lowest BCUT2D eigenvalue weighted by molar-refractivity contribution is 1.58. The van der Waals surface area contributed by atoms with Crippen LogP contribution in [0.5, 0.6) is 0 Å². The smallest absolute Gasteiger partial charge is 0.113 e. The van der Waals surface area contributed by atoms with Gasteiger partial charge in [0.1, 0.15) is 3.79 Å². The second-order valence-corrected chi connectivity index (χ2v) is 3.17. The van der Waals surface area contributed by atoms with Crippen molar-refractivity contribution in [3.63, 3.8) is 0 Å². The first kappa shape index (κ1) is 5.05. The molecule has 2 nitrogen and oxygen atoms in total. The van der Waals surface area contributed by atoms with Gasteiger partial charge in [0.05, 0.1) is 11.9 Å². The van der Waals surface area contributed by atoms with E-state index in [0.29, 0.717) is 5.69 Å². The number of hydrogen-bond donors (Lipinski definition) is 1. The summed E-state index contributed by atoms with van der Waals surface area (Å²) in [4.78, 5) is 0. The SMILES string of the molecule is Nc1cnsc1Br. The van der Waals surface area contributed by atoms with Gasteiger partial charge in [0.15, 0.2) is 0 Å². The zero-order chi connectivity index (χ0) is 5.28. The first-order valence-electron chi connectivity index (χ1n) is 1.66. The maximum Gasteiger partial charge on any atom is 0.113 e. The molecule has 0 amide bonds. The van der Waals surface area contributed by atoms with Gasteiger partial charge >= 0.3 is 0 Å². The third kappa shape index (κ3) is 0.920. The highest BCUT2D eigenvalue weighted by Gasteiger charge is 1.92. The van der Waals surface area contributed by atoms with Crippen LogP contribution in [-0.4, -0.2) is 4.37 Å². The van der Waals surface area contributed by atoms with Gasteiger partial charge < -0.3 is 5.73 Å². The Morgan fingerprint density at radius 3 is 2.71 bits per heavy atom. The summed E-state index contributed by atoms with van der Waals surface area (Å²) >= 11 is 4.54. The molecule has 2 N–H and O–H groups in total. The van der Waals surface area contributed by atoms with E-state index in [0.717, 1.165) is 3.79 Å². The molecule has 1 aromatic rings. The van der Waals surface area contributed by atoms with Crippen LogP contribution in [0.1, 0.15) is 0 Å². The van der Waals surface area contributed by atoms with Crippen molar-refractivity contribution in [2.75, 3.05) is 5.73 Å². The molecular weight excluding hydrogens is 176 g/mol. The van der Waals surface area contributed by atoms with E-state index in [1.165, 1.54) is 11.5 Å². The Kier molecular flexibility index (Phi) is 1.30. The summed E-state index contributed by atoms with van der Waals surface area (Å²) in [5, 5.41) is 0. The zero-order valence-electron chi connectivity index (χ0n) is 3.39. The Morgan fingerprint density at radius 2 is 2.57 bits per heavy atom. The molecule has 0 spiro atoms. The normalized spacial score (nSPS) is 9.29. The Labute approximate surface area is 53.6 Å². The molecule has 1 aromatic heterocycles. The minimum atomic E-state index is 0.713. The molecule has 0 radical (unpaired) electrons. The third-order valence-corrected chi connectivity index (χ3v) is 2.05. The number of nitrogens with zero attached hydrogens (tertiary/aromatic N) is 1. The number of nitrogen functional groups attached to an aromatic ring is 1. The van der Waals surface area contributed by atoms with Crippen LogP contribution in [0.3, 0.4) is 0 Å². The van der Waals surface area contributed by atoms with Crippen molar-refractivity contribution in [3.8, 4) is 0 Å². The highest BCUT2D eigenvalue weighted by molar-refractivity contribution is 9.11. The van der Waals surface area contributed by atoms with Crippen LogP contribution >= 0.6 is 27.5 Å². The van der Waals surface area contributed by atoms with Crippen LogP contribution in [0.25, 0.3) is 0 Å². The summed E-state index contributed by atoms with van der Waals surface area (Å²) in [6, 6.07) is 0. The molecule has 0 aromatic carbocycles. The molecule has 0 saturated heterocycles. The van der Waals surface area contributed by atoms with Gasteiger partial charge in [-0.2, -0.15) is 4.37 Å². The largest absolute Gasteiger partial charge is 0.396 e. The van der Waals surface area contributed by atoms with Crippen molar-refractivity contribution in [1.82, 2.24) is 4.37 Å². The molecule has 0 aliphatic rings. The van der Waals surface area contributed by atoms with Gasteiger partial charge in [-0.25, -0.2) is 0 Å². The van der Waals surface area contributed by atoms with Crippen molar-refractivity contribution < 1.29 is 0 Å². The van der Waals surface area contributed by atoms with Gasteiger partial charge in [-0.1, -0.05) is 0 Å². The topological polar surface area (TPSA) is 38.9 Å². The summed E-state index contributed by atoms with van der Waals surface area (Å²) in [7, 11) is 0. The summed E-state index contributed by atoms with van der Waals surface area (Å²) in [5.41, 5.74) is 6.05. The molecule has 0 atom stereocenters. The monoisotopic (exact) mass is 178 g/mol. The van der Waals surface area contributed by atoms with E-state index in [4.69, 9.17) is 5.73 Å². The highest BCUT2D eigenvalue weighted by atomic mass is 79.9. The molecule has 7 heavy (non-hydrogen) atoms. The fourth-order valence-electron chi connectivity index (χ4n) is 0.233. The Hall–Kier alpha value is -0.0900. The number of halogens is 1. The molecule has 0 fully saturated rings. The van der Waals surface area contributed by atoms with Crippen LogP contribution in [-0.2, 0) is 0 Å². The Bertz CT molecular complexity index is 145. The lowest BCUT2D eigenvalue weighted by atomic mass is 10.6. The van der Waals surface area contributed by atoms with E-state index >= 15 is 0 Å². The lowest BCUT2D eigenvalue weighted by Gasteiger charge is -1.76. The molecule has 0 saturated carbocycles. The summed E-state index contributed by atoms with van der Waals surface area (Å²) in [6.45, 7) is 0. The second kappa shape index (κ2) is 1.79. The fourth-order valence-corrected chi connectivity index (χ4v) is 1.00. The Balaban J connectivity index is 3.12. The summed E-state index contributed by atoms with van der Waals surface area (Å²) in [5.74, 6) is 0. The minimum absolute atomic E-state index is 0.713. The third-order valence-electron chi connectivity index (χ3n) is 0.552. The van der Waals surface area contributed by atoms with Gasteiger partial charge in [0.2, 0.25) is 0 Å². The maximum atomic E-state index is 5.34. The van der Waals surface area contributed by atoms with E-state index in [1.54, 1.807) is 6.20 Å². The molecule has 38 valence electrons. The van der Waals surface area contributed by atoms with Crippen molar-refractivity contribution in [3.05, 3.63) is 9.98 Å². The van der Waals surface area contributed by atoms with Gasteiger partial charge in [-0.15, -0.1) is 0 Å². The number of hydrogen-bond acceptors (Lipinski definition) is 3. The van der Waals surface area contributed by atoms with E-state index < -0.39 is 0 Å². The molecule has 4 heteroatoms. The van der Waals surface area contributed by atoms with E-state index in [9.17, 15) is 0 Å². The average molecular weight is 179 g/mol. The minimum Gasteiger partial charge on any atom is -0.396 e. The Morgan fingerprint density at radius 1 is 1.86 bits per heavy atom. The zero-order valence-corrected chi connectivity index (χ0v) is 5.79. The first-order chi connectivity index (χ1) is 3.30. The number of aromatic nitrogens is 1. The number of nitrogens with two attached hydrogens (primary N) is 1. The van der Waals surface area contributed by atoms with Crippen LogP contribution in [0, 0.1) is 0 Å². The fraction of sp³-hybridized carbons (Fsp3) is 0. The quantitative estimate of drug-likeness (QED) is 0.655. The molecule has 0 unspecified atom stereocenters. The summed E-state index contributed by atoms with van der Waals surface area (Å²) in [6.07, 6.45) is 1.62. The average Bonchev–Trinajstić information content (AvgIpc) is 1.91. The van der Waals surface area contributed by atoms with Gasteiger partial charge in [0, 0.05) is 0 Å². The first-order valence-corrected chi connectivity index (χ1v) is 3.23. The van der Waals surface area contributed by atoms with Crippen molar-refractivity contribution in [2.45, 2.75) is 0 Å². The van der Waals surface area contributed by atoms with Crippen molar-refractivity contribution >= 4 is 33.1 Å². The molecule has 0 aliphatic heterocycles. The molecule has 0 bridgehead atoms. The summed E-state index contributed by atoms with van der Waals surface area (Å²) < 4.78 is 4.70. The predicted octanol–water partition coefficient (Wildman–Crippen LogP) is 1.49. The van der Waals surface area contributed by atoms with Gasteiger partial charge in [0.25, 0.3) is 0 Å². The van der Waals surface area contributed by atoms with Crippen molar-refractivity contribution in [2.24, 2.45) is 0 Å². The second-order valence-electron chi connectivity index (χ2n) is 1.05. The van der Waals surface area contributed by atoms with E-state index in [1.807, 2.05) is 0 Å². The number of rotatable bonds is 0. The van der Waals surface area contributed by atoms with E-state index in [2.05, 4.69) is 20.3 Å². The molecule has 0 aliphatic carbocycles. The van der Waals surface area contributed by atoms with Crippen LogP contribution in [0.2, 0.25) is 0 Å². The van der Waals surface area contributed by atoms with Crippen LogP contribution in [0.4, 0.5) is 5.69 Å². The molecule has 1 heterocycles. The molecule has 1 rings (SSSR count).